The molecule has 0 atom stereocenters. The maximum absolute atomic E-state index is 6.06. The van der Waals surface area contributed by atoms with E-state index in [-0.39, 0.29) is 0 Å². The molecule has 0 heterocycles. The zero-order valence-corrected chi connectivity index (χ0v) is 12.8. The predicted molar refractivity (Wildman–Crippen MR) is 88.2 cm³/mol. The van der Waals surface area contributed by atoms with E-state index >= 15 is 0 Å². The number of para-hydroxylation sites is 1. The summed E-state index contributed by atoms with van der Waals surface area (Å²) < 4.78 is 0. The van der Waals surface area contributed by atoms with Gasteiger partial charge >= 0.3 is 0 Å². The second kappa shape index (κ2) is 8.20. The van der Waals surface area contributed by atoms with Gasteiger partial charge in [0.25, 0.3) is 0 Å². The van der Waals surface area contributed by atoms with E-state index < -0.39 is 0 Å². The first-order valence-electron chi connectivity index (χ1n) is 7.01. The van der Waals surface area contributed by atoms with Gasteiger partial charge in [-0.25, -0.2) is 4.99 Å². The molecule has 108 valence electrons. The third-order valence-electron chi connectivity index (χ3n) is 3.17. The van der Waals surface area contributed by atoms with E-state index in [2.05, 4.69) is 18.4 Å². The Bertz CT molecular complexity index is 482. The van der Waals surface area contributed by atoms with E-state index in [1.807, 2.05) is 50.4 Å². The number of benzene rings is 1. The van der Waals surface area contributed by atoms with E-state index in [1.54, 1.807) is 0 Å². The lowest BCUT2D eigenvalue weighted by atomic mass is 10.1. The van der Waals surface area contributed by atoms with Crippen molar-refractivity contribution in [1.82, 2.24) is 4.90 Å². The predicted octanol–water partition coefficient (Wildman–Crippen LogP) is 3.87. The molecule has 1 rings (SSSR count). The second-order valence-electron chi connectivity index (χ2n) is 4.77. The van der Waals surface area contributed by atoms with Crippen molar-refractivity contribution in [2.24, 2.45) is 10.7 Å². The van der Waals surface area contributed by atoms with Crippen LogP contribution in [0.2, 0.25) is 0 Å². The van der Waals surface area contributed by atoms with Crippen molar-refractivity contribution in [1.29, 1.82) is 0 Å². The molecule has 0 aliphatic rings. The summed E-state index contributed by atoms with van der Waals surface area (Å²) in [5, 5.41) is 0. The lowest BCUT2D eigenvalue weighted by molar-refractivity contribution is 0.532. The molecule has 2 N–H and O–H groups in total. The lowest BCUT2D eigenvalue weighted by Gasteiger charge is -2.23. The van der Waals surface area contributed by atoms with Gasteiger partial charge in [0.1, 0.15) is 5.84 Å². The minimum absolute atomic E-state index is 0.821. The fourth-order valence-electron chi connectivity index (χ4n) is 1.89. The van der Waals surface area contributed by atoms with Crippen LogP contribution < -0.4 is 5.73 Å². The average molecular weight is 271 g/mol. The van der Waals surface area contributed by atoms with Gasteiger partial charge in [-0.2, -0.15) is 0 Å². The summed E-state index contributed by atoms with van der Waals surface area (Å²) in [7, 11) is 2.04. The van der Waals surface area contributed by atoms with Crippen LogP contribution in [-0.4, -0.2) is 24.3 Å². The molecule has 3 nitrogen and oxygen atoms in total. The average Bonchev–Trinajstić information content (AvgIpc) is 2.46. The van der Waals surface area contributed by atoms with Crippen molar-refractivity contribution in [3.05, 3.63) is 54.3 Å². The van der Waals surface area contributed by atoms with Crippen LogP contribution in [-0.2, 0) is 0 Å². The van der Waals surface area contributed by atoms with Crippen molar-refractivity contribution in [3.63, 3.8) is 0 Å². The Morgan fingerprint density at radius 3 is 2.50 bits per heavy atom. The fraction of sp³-hybridized carbons (Fsp3) is 0.353. The molecule has 0 unspecified atom stereocenters. The molecule has 0 spiro atoms. The molecular weight excluding hydrogens is 246 g/mol. The molecule has 0 saturated heterocycles. The van der Waals surface area contributed by atoms with Gasteiger partial charge in [0.15, 0.2) is 0 Å². The highest BCUT2D eigenvalue weighted by molar-refractivity contribution is 6.00. The number of nitrogens with two attached hydrogens (primary N) is 1. The van der Waals surface area contributed by atoms with Crippen LogP contribution in [0.4, 0.5) is 5.69 Å². The van der Waals surface area contributed by atoms with Crippen LogP contribution in [0.5, 0.6) is 0 Å². The van der Waals surface area contributed by atoms with Gasteiger partial charge in [0.05, 0.1) is 5.69 Å². The van der Waals surface area contributed by atoms with Gasteiger partial charge in [-0.3, -0.25) is 0 Å². The first-order valence-corrected chi connectivity index (χ1v) is 7.01. The second-order valence-corrected chi connectivity index (χ2v) is 4.77. The molecular formula is C17H25N3. The molecule has 3 heteroatoms. The number of likely N-dealkylation sites (N-methyl/N-ethyl adjacent to an activating group) is 1. The number of rotatable bonds is 6. The molecule has 0 saturated carbocycles. The number of aliphatic imine (C=N–C) groups is 1. The summed E-state index contributed by atoms with van der Waals surface area (Å²) in [5.74, 6) is 0.945. The maximum Gasteiger partial charge on any atom is 0.133 e. The van der Waals surface area contributed by atoms with E-state index in [1.165, 1.54) is 0 Å². The number of amidine groups is 1. The highest BCUT2D eigenvalue weighted by Gasteiger charge is 2.13. The Hall–Kier alpha value is -2.03. The monoisotopic (exact) mass is 271 g/mol. The van der Waals surface area contributed by atoms with Crippen molar-refractivity contribution in [2.75, 3.05) is 13.6 Å². The van der Waals surface area contributed by atoms with Crippen molar-refractivity contribution >= 4 is 11.5 Å². The van der Waals surface area contributed by atoms with E-state index in [0.717, 1.165) is 42.2 Å². The smallest absolute Gasteiger partial charge is 0.133 e. The summed E-state index contributed by atoms with van der Waals surface area (Å²) in [6.45, 7) is 8.71. The van der Waals surface area contributed by atoms with E-state index in [0.29, 0.717) is 0 Å². The molecule has 0 aliphatic heterocycles. The van der Waals surface area contributed by atoms with Crippen LogP contribution in [0, 0.1) is 0 Å². The van der Waals surface area contributed by atoms with E-state index in [4.69, 9.17) is 10.7 Å². The molecule has 0 bridgehead atoms. The molecule has 0 amide bonds. The van der Waals surface area contributed by atoms with Gasteiger partial charge in [-0.05, 0) is 38.8 Å². The van der Waals surface area contributed by atoms with Crippen LogP contribution in [0.25, 0.3) is 0 Å². The van der Waals surface area contributed by atoms with Crippen LogP contribution in [0.15, 0.2) is 59.2 Å². The maximum atomic E-state index is 6.06. The van der Waals surface area contributed by atoms with Gasteiger partial charge < -0.3 is 10.6 Å². The summed E-state index contributed by atoms with van der Waals surface area (Å²) in [5.41, 5.74) is 8.92. The molecule has 1 aromatic carbocycles. The van der Waals surface area contributed by atoms with Gasteiger partial charge in [0, 0.05) is 24.9 Å². The third-order valence-corrected chi connectivity index (χ3v) is 3.17. The Morgan fingerprint density at radius 2 is 2.00 bits per heavy atom. The highest BCUT2D eigenvalue weighted by Crippen LogP contribution is 2.18. The molecule has 0 fully saturated rings. The SMILES string of the molecule is C=CCC/C(C(=Nc1ccccc1)N(C)CC)=C(\C)N. The minimum atomic E-state index is 0.821. The first-order chi connectivity index (χ1) is 9.60. The Labute approximate surface area is 122 Å². The van der Waals surface area contributed by atoms with Gasteiger partial charge in [0.2, 0.25) is 0 Å². The fourth-order valence-corrected chi connectivity index (χ4v) is 1.89. The summed E-state index contributed by atoms with van der Waals surface area (Å²) >= 11 is 0. The number of nitrogens with zero attached hydrogens (tertiary/aromatic N) is 2. The third kappa shape index (κ3) is 4.57. The number of hydrogen-bond donors (Lipinski definition) is 1. The van der Waals surface area contributed by atoms with Crippen molar-refractivity contribution in [2.45, 2.75) is 26.7 Å². The molecule has 1 aromatic rings. The summed E-state index contributed by atoms with van der Waals surface area (Å²) in [6, 6.07) is 9.97. The standard InChI is InChI=1S/C17H25N3/c1-5-7-13-16(14(3)18)17(20(4)6-2)19-15-11-9-8-10-12-15/h5,8-12H,1,6-7,13,18H2,2-4H3/b16-14-,19-17?. The van der Waals surface area contributed by atoms with Crippen LogP contribution in [0.3, 0.4) is 0 Å². The summed E-state index contributed by atoms with van der Waals surface area (Å²) in [6.07, 6.45) is 3.67. The Balaban J connectivity index is 3.20. The van der Waals surface area contributed by atoms with E-state index in [9.17, 15) is 0 Å². The van der Waals surface area contributed by atoms with Crippen molar-refractivity contribution < 1.29 is 0 Å². The van der Waals surface area contributed by atoms with Gasteiger partial charge in [-0.1, -0.05) is 24.3 Å². The molecule has 0 aliphatic carbocycles. The number of allylic oxidation sites excluding steroid dienone is 2. The van der Waals surface area contributed by atoms with Gasteiger partial charge in [-0.15, -0.1) is 6.58 Å². The van der Waals surface area contributed by atoms with Crippen molar-refractivity contribution in [3.8, 4) is 0 Å². The van der Waals surface area contributed by atoms with Crippen LogP contribution >= 0.6 is 0 Å². The zero-order valence-electron chi connectivity index (χ0n) is 12.8. The molecule has 0 aromatic heterocycles. The molecule has 0 radical (unpaired) electrons. The largest absolute Gasteiger partial charge is 0.402 e. The lowest BCUT2D eigenvalue weighted by Crippen LogP contribution is -2.29. The number of hydrogen-bond acceptors (Lipinski definition) is 2. The topological polar surface area (TPSA) is 41.6 Å². The first kappa shape index (κ1) is 16.0. The minimum Gasteiger partial charge on any atom is -0.402 e. The Morgan fingerprint density at radius 1 is 1.35 bits per heavy atom. The summed E-state index contributed by atoms with van der Waals surface area (Å²) in [4.78, 5) is 6.90. The van der Waals surface area contributed by atoms with Crippen LogP contribution in [0.1, 0.15) is 26.7 Å². The Kier molecular flexibility index (Phi) is 6.57. The zero-order chi connectivity index (χ0) is 15.0. The highest BCUT2D eigenvalue weighted by atomic mass is 15.2. The quantitative estimate of drug-likeness (QED) is 0.485. The normalized spacial score (nSPS) is 12.8. The molecule has 20 heavy (non-hydrogen) atoms.